The molecule has 4 nitrogen and oxygen atoms in total. The van der Waals surface area contributed by atoms with Crippen LogP contribution in [-0.2, 0) is 5.60 Å². The van der Waals surface area contributed by atoms with Gasteiger partial charge in [-0.1, -0.05) is 59.1 Å². The highest BCUT2D eigenvalue weighted by atomic mass is 35.5. The summed E-state index contributed by atoms with van der Waals surface area (Å²) in [5.74, 6) is 0. The molecule has 0 bridgehead atoms. The molecule has 1 N–H and O–H groups in total. The number of aliphatic hydroxyl groups is 1. The average Bonchev–Trinajstić information content (AvgIpc) is 2.79. The first-order valence-electron chi connectivity index (χ1n) is 10.7. The Morgan fingerprint density at radius 2 is 1.76 bits per heavy atom. The second kappa shape index (κ2) is 9.93. The predicted octanol–water partition coefficient (Wildman–Crippen LogP) is 6.29. The molecule has 7 heteroatoms. The summed E-state index contributed by atoms with van der Waals surface area (Å²) >= 11 is 18.9. The summed E-state index contributed by atoms with van der Waals surface area (Å²) < 4.78 is 0. The summed E-state index contributed by atoms with van der Waals surface area (Å²) in [6.07, 6.45) is 0. The van der Waals surface area contributed by atoms with Crippen LogP contribution in [0.15, 0.2) is 66.7 Å². The van der Waals surface area contributed by atoms with Gasteiger partial charge in [0.15, 0.2) is 0 Å². The maximum absolute atomic E-state index is 11.3. The van der Waals surface area contributed by atoms with Gasteiger partial charge in [-0.25, -0.2) is 0 Å². The molecule has 0 aromatic heterocycles. The number of nitriles is 1. The van der Waals surface area contributed by atoms with Crippen molar-refractivity contribution in [1.29, 1.82) is 5.26 Å². The van der Waals surface area contributed by atoms with Crippen LogP contribution in [0.4, 0.5) is 5.69 Å². The fourth-order valence-electron chi connectivity index (χ4n) is 4.40. The molecule has 3 aromatic carbocycles. The Balaban J connectivity index is 1.62. The quantitative estimate of drug-likeness (QED) is 0.447. The largest absolute Gasteiger partial charge is 0.384 e. The molecule has 3 aromatic rings. The van der Waals surface area contributed by atoms with Gasteiger partial charge in [0.1, 0.15) is 0 Å². The smallest absolute Gasteiger partial charge is 0.0995 e. The zero-order valence-corrected chi connectivity index (χ0v) is 20.4. The van der Waals surface area contributed by atoms with Gasteiger partial charge in [-0.05, 0) is 60.5 Å². The Labute approximate surface area is 209 Å². The number of hydrogen-bond donors (Lipinski definition) is 1. The molecule has 170 valence electrons. The summed E-state index contributed by atoms with van der Waals surface area (Å²) in [7, 11) is 0. The van der Waals surface area contributed by atoms with Crippen LogP contribution >= 0.6 is 34.8 Å². The SMILES string of the molecule is C[C@@](O)(CN1CCN(c2ccc(C#N)cc2Cl)[C@H](c2ccc(Cl)cc2)C1)c1cccc(Cl)c1. The normalized spacial score (nSPS) is 18.5. The molecule has 0 unspecified atom stereocenters. The summed E-state index contributed by atoms with van der Waals surface area (Å²) in [5, 5.41) is 22.3. The first-order valence-corrected chi connectivity index (χ1v) is 11.8. The van der Waals surface area contributed by atoms with Crippen LogP contribution in [0.2, 0.25) is 15.1 Å². The molecule has 4 rings (SSSR count). The van der Waals surface area contributed by atoms with Crippen molar-refractivity contribution in [3.63, 3.8) is 0 Å². The number of anilines is 1. The number of halogens is 3. The van der Waals surface area contributed by atoms with Gasteiger partial charge in [0, 0.05) is 36.2 Å². The van der Waals surface area contributed by atoms with Crippen molar-refractivity contribution in [1.82, 2.24) is 4.90 Å². The van der Waals surface area contributed by atoms with Crippen molar-refractivity contribution >= 4 is 40.5 Å². The van der Waals surface area contributed by atoms with E-state index in [1.165, 1.54) is 0 Å². The minimum Gasteiger partial charge on any atom is -0.384 e. The minimum atomic E-state index is -1.05. The van der Waals surface area contributed by atoms with Gasteiger partial charge in [0.2, 0.25) is 0 Å². The first kappa shape index (κ1) is 23.9. The number of hydrogen-bond acceptors (Lipinski definition) is 4. The summed E-state index contributed by atoms with van der Waals surface area (Å²) in [6, 6.07) is 22.7. The lowest BCUT2D eigenvalue weighted by Gasteiger charge is -2.45. The van der Waals surface area contributed by atoms with Gasteiger partial charge in [-0.3, -0.25) is 4.90 Å². The average molecular weight is 501 g/mol. The van der Waals surface area contributed by atoms with E-state index in [4.69, 9.17) is 34.8 Å². The highest BCUT2D eigenvalue weighted by Crippen LogP contribution is 2.37. The van der Waals surface area contributed by atoms with Crippen LogP contribution in [0, 0.1) is 11.3 Å². The monoisotopic (exact) mass is 499 g/mol. The molecule has 1 aliphatic rings. The Hall–Kier alpha value is -2.26. The van der Waals surface area contributed by atoms with E-state index >= 15 is 0 Å². The van der Waals surface area contributed by atoms with E-state index in [1.807, 2.05) is 55.5 Å². The number of benzene rings is 3. The Kier molecular flexibility index (Phi) is 7.19. The number of β-amino-alcohol motifs (C(OH)–C–C–N with tert-alkyl or cyclic N) is 1. The lowest BCUT2D eigenvalue weighted by molar-refractivity contribution is 0.0103. The van der Waals surface area contributed by atoms with E-state index in [-0.39, 0.29) is 6.04 Å². The van der Waals surface area contributed by atoms with Crippen molar-refractivity contribution in [3.8, 4) is 6.07 Å². The molecule has 33 heavy (non-hydrogen) atoms. The lowest BCUT2D eigenvalue weighted by Crippen LogP contribution is -2.52. The van der Waals surface area contributed by atoms with Gasteiger partial charge in [-0.2, -0.15) is 5.26 Å². The Bertz CT molecular complexity index is 1170. The molecular formula is C26H24Cl3N3O. The van der Waals surface area contributed by atoms with Crippen LogP contribution in [0.5, 0.6) is 0 Å². The molecule has 1 aliphatic heterocycles. The second-order valence-electron chi connectivity index (χ2n) is 8.56. The second-order valence-corrected chi connectivity index (χ2v) is 9.84. The molecule has 2 atom stereocenters. The van der Waals surface area contributed by atoms with Crippen molar-refractivity contribution < 1.29 is 5.11 Å². The number of piperazine rings is 1. The highest BCUT2D eigenvalue weighted by Gasteiger charge is 2.34. The van der Waals surface area contributed by atoms with E-state index < -0.39 is 5.60 Å². The molecular weight excluding hydrogens is 477 g/mol. The molecule has 0 spiro atoms. The summed E-state index contributed by atoms with van der Waals surface area (Å²) in [5.41, 5.74) is 2.26. The van der Waals surface area contributed by atoms with Crippen molar-refractivity contribution in [2.45, 2.75) is 18.6 Å². The van der Waals surface area contributed by atoms with Crippen molar-refractivity contribution in [2.24, 2.45) is 0 Å². The standard InChI is InChI=1S/C26H24Cl3N3O/c1-26(33,20-3-2-4-22(28)14-20)17-31-11-12-32(24-10-5-18(15-30)13-23(24)29)25(16-31)19-6-8-21(27)9-7-19/h2-10,13-14,25,33H,11-12,16-17H2,1H3/t25-,26+/m0/s1. The fourth-order valence-corrected chi connectivity index (χ4v) is 5.01. The molecule has 0 amide bonds. The molecule has 0 aliphatic carbocycles. The van der Waals surface area contributed by atoms with E-state index in [0.29, 0.717) is 40.3 Å². The van der Waals surface area contributed by atoms with Gasteiger partial charge < -0.3 is 10.0 Å². The Morgan fingerprint density at radius 1 is 1.00 bits per heavy atom. The molecule has 0 saturated carbocycles. The van der Waals surface area contributed by atoms with Crippen molar-refractivity contribution in [2.75, 3.05) is 31.1 Å². The van der Waals surface area contributed by atoms with Gasteiger partial charge in [0.25, 0.3) is 0 Å². The molecule has 0 radical (unpaired) electrons. The third kappa shape index (κ3) is 5.46. The van der Waals surface area contributed by atoms with Crippen LogP contribution in [0.3, 0.4) is 0 Å². The fraction of sp³-hybridized carbons (Fsp3) is 0.269. The van der Waals surface area contributed by atoms with Gasteiger partial charge in [-0.15, -0.1) is 0 Å². The van der Waals surface area contributed by atoms with Crippen molar-refractivity contribution in [3.05, 3.63) is 98.5 Å². The summed E-state index contributed by atoms with van der Waals surface area (Å²) in [4.78, 5) is 4.52. The van der Waals surface area contributed by atoms with E-state index in [0.717, 1.165) is 23.4 Å². The maximum atomic E-state index is 11.3. The minimum absolute atomic E-state index is 0.00314. The zero-order valence-electron chi connectivity index (χ0n) is 18.2. The van der Waals surface area contributed by atoms with Gasteiger partial charge >= 0.3 is 0 Å². The molecule has 1 saturated heterocycles. The van der Waals surface area contributed by atoms with Crippen LogP contribution < -0.4 is 4.90 Å². The highest BCUT2D eigenvalue weighted by molar-refractivity contribution is 6.33. The zero-order chi connectivity index (χ0) is 23.6. The van der Waals surface area contributed by atoms with Crippen LogP contribution in [-0.4, -0.2) is 36.2 Å². The van der Waals surface area contributed by atoms with Gasteiger partial charge in [0.05, 0.1) is 34.0 Å². The lowest BCUT2D eigenvalue weighted by atomic mass is 9.94. The van der Waals surface area contributed by atoms with E-state index in [9.17, 15) is 10.4 Å². The predicted molar refractivity (Wildman–Crippen MR) is 135 cm³/mol. The molecule has 1 fully saturated rings. The van der Waals surface area contributed by atoms with Crippen LogP contribution in [0.25, 0.3) is 0 Å². The summed E-state index contributed by atoms with van der Waals surface area (Å²) in [6.45, 7) is 4.43. The molecule has 1 heterocycles. The maximum Gasteiger partial charge on any atom is 0.0995 e. The third-order valence-electron chi connectivity index (χ3n) is 6.08. The first-order chi connectivity index (χ1) is 15.8. The van der Waals surface area contributed by atoms with E-state index in [1.54, 1.807) is 18.2 Å². The Morgan fingerprint density at radius 3 is 2.42 bits per heavy atom. The van der Waals surface area contributed by atoms with Crippen LogP contribution in [0.1, 0.15) is 29.7 Å². The van der Waals surface area contributed by atoms with E-state index in [2.05, 4.69) is 15.9 Å². The number of rotatable bonds is 5. The third-order valence-corrected chi connectivity index (χ3v) is 6.87. The topological polar surface area (TPSA) is 50.5 Å². The number of nitrogens with zero attached hydrogens (tertiary/aromatic N) is 3.